The number of rotatable bonds is 2. The van der Waals surface area contributed by atoms with Gasteiger partial charge in [-0.2, -0.15) is 0 Å². The zero-order chi connectivity index (χ0) is 14.3. The molecule has 0 N–H and O–H groups in total. The minimum Gasteiger partial charge on any atom is -0.294 e. The van der Waals surface area contributed by atoms with E-state index >= 15 is 0 Å². The van der Waals surface area contributed by atoms with E-state index in [0.717, 1.165) is 14.3 Å². The van der Waals surface area contributed by atoms with Crippen molar-refractivity contribution in [1.29, 1.82) is 0 Å². The summed E-state index contributed by atoms with van der Waals surface area (Å²) in [5, 5.41) is 1.37. The van der Waals surface area contributed by atoms with E-state index in [4.69, 9.17) is 0 Å². The Morgan fingerprint density at radius 1 is 1.00 bits per heavy atom. The largest absolute Gasteiger partial charge is 0.294 e. The van der Waals surface area contributed by atoms with E-state index in [0.29, 0.717) is 28.3 Å². The van der Waals surface area contributed by atoms with Gasteiger partial charge in [0, 0.05) is 37.7 Å². The number of pyridine rings is 2. The highest BCUT2D eigenvalue weighted by Gasteiger charge is 2.14. The van der Waals surface area contributed by atoms with Crippen molar-refractivity contribution in [3.8, 4) is 0 Å². The van der Waals surface area contributed by atoms with E-state index in [9.17, 15) is 9.59 Å². The molecule has 0 atom stereocenters. The first-order valence-electron chi connectivity index (χ1n) is 5.63. The number of fused-ring (bicyclic) bond motifs is 3. The van der Waals surface area contributed by atoms with E-state index < -0.39 is 5.78 Å². The molecular weight excluding hydrogens is 388 g/mol. The first-order chi connectivity index (χ1) is 9.60. The lowest BCUT2D eigenvalue weighted by molar-refractivity contribution is -0.104. The molecule has 3 aromatic rings. The van der Waals surface area contributed by atoms with Crippen LogP contribution in [-0.4, -0.2) is 22.0 Å². The van der Waals surface area contributed by atoms with Crippen LogP contribution in [0, 0.1) is 0 Å². The number of hydrogen-bond acceptors (Lipinski definition) is 4. The third-order valence-electron chi connectivity index (χ3n) is 2.92. The number of hydrogen-bond donors (Lipinski definition) is 0. The zero-order valence-corrected chi connectivity index (χ0v) is 13.1. The summed E-state index contributed by atoms with van der Waals surface area (Å²) in [4.78, 5) is 31.3. The molecule has 0 fully saturated rings. The van der Waals surface area contributed by atoms with Gasteiger partial charge in [0.2, 0.25) is 5.78 Å². The molecule has 0 saturated carbocycles. The number of benzene rings is 1. The molecule has 0 radical (unpaired) electrons. The minimum absolute atomic E-state index is 0.312. The van der Waals surface area contributed by atoms with Gasteiger partial charge in [-0.25, -0.2) is 0 Å². The van der Waals surface area contributed by atoms with Gasteiger partial charge < -0.3 is 0 Å². The number of aromatic nitrogens is 2. The Kier molecular flexibility index (Phi) is 3.35. The second kappa shape index (κ2) is 5.03. The quantitative estimate of drug-likeness (QED) is 0.288. The fraction of sp³-hybridized carbons (Fsp3) is 0. The van der Waals surface area contributed by atoms with Crippen LogP contribution in [0.5, 0.6) is 0 Å². The van der Waals surface area contributed by atoms with Crippen LogP contribution < -0.4 is 0 Å². The number of ketones is 1. The van der Waals surface area contributed by atoms with E-state index in [1.54, 1.807) is 24.5 Å². The average Bonchev–Trinajstić information content (AvgIpc) is 2.45. The van der Waals surface area contributed by atoms with Crippen LogP contribution in [0.25, 0.3) is 21.8 Å². The highest BCUT2D eigenvalue weighted by Crippen LogP contribution is 2.29. The van der Waals surface area contributed by atoms with E-state index in [-0.39, 0.29) is 0 Å². The van der Waals surface area contributed by atoms with Crippen LogP contribution >= 0.6 is 31.9 Å². The highest BCUT2D eigenvalue weighted by atomic mass is 79.9. The molecule has 0 spiro atoms. The Bertz CT molecular complexity index is 878. The normalized spacial score (nSPS) is 10.9. The van der Waals surface area contributed by atoms with Crippen LogP contribution in [0.4, 0.5) is 0 Å². The minimum atomic E-state index is -0.572. The summed E-state index contributed by atoms with van der Waals surface area (Å²) in [6.07, 6.45) is 3.63. The molecule has 1 aromatic carbocycles. The van der Waals surface area contributed by atoms with Crippen molar-refractivity contribution in [2.75, 3.05) is 0 Å². The van der Waals surface area contributed by atoms with Crippen molar-refractivity contribution in [3.05, 3.63) is 45.1 Å². The summed E-state index contributed by atoms with van der Waals surface area (Å²) < 4.78 is 1.53. The van der Waals surface area contributed by atoms with Gasteiger partial charge in [-0.15, -0.1) is 0 Å². The Hall–Kier alpha value is -1.66. The molecule has 2 heterocycles. The maximum absolute atomic E-state index is 11.8. The molecular formula is C14H6Br2N2O2. The first kappa shape index (κ1) is 13.3. The summed E-state index contributed by atoms with van der Waals surface area (Å²) in [6, 6.07) is 5.27. The van der Waals surface area contributed by atoms with Crippen molar-refractivity contribution < 1.29 is 9.59 Å². The predicted octanol–water partition coefficient (Wildman–Crippen LogP) is 3.69. The van der Waals surface area contributed by atoms with Crippen LogP contribution in [0.15, 0.2) is 39.5 Å². The molecule has 0 aliphatic heterocycles. The highest BCUT2D eigenvalue weighted by molar-refractivity contribution is 9.10. The fourth-order valence-electron chi connectivity index (χ4n) is 2.10. The van der Waals surface area contributed by atoms with E-state index in [1.807, 2.05) is 6.07 Å². The van der Waals surface area contributed by atoms with Crippen LogP contribution in [0.3, 0.4) is 0 Å². The number of nitrogens with zero attached hydrogens (tertiary/aromatic N) is 2. The second-order valence-electron chi connectivity index (χ2n) is 4.18. The lowest BCUT2D eigenvalue weighted by Crippen LogP contribution is -2.02. The first-order valence-corrected chi connectivity index (χ1v) is 7.22. The second-order valence-corrected chi connectivity index (χ2v) is 6.01. The number of aldehydes is 1. The van der Waals surface area contributed by atoms with Crippen molar-refractivity contribution in [2.45, 2.75) is 0 Å². The standard InChI is InChI=1S/C14H6Br2N2O2/c15-8-1-7-2-10(12(20)6-19)11-3-9(16)5-18-14(11)13(7)17-4-8/h1-6H. The maximum Gasteiger partial charge on any atom is 0.226 e. The van der Waals surface area contributed by atoms with Gasteiger partial charge in [-0.3, -0.25) is 19.6 Å². The Morgan fingerprint density at radius 2 is 1.65 bits per heavy atom. The maximum atomic E-state index is 11.8. The lowest BCUT2D eigenvalue weighted by atomic mass is 10.0. The smallest absolute Gasteiger partial charge is 0.226 e. The monoisotopic (exact) mass is 392 g/mol. The van der Waals surface area contributed by atoms with Gasteiger partial charge >= 0.3 is 0 Å². The van der Waals surface area contributed by atoms with Gasteiger partial charge in [0.15, 0.2) is 6.29 Å². The summed E-state index contributed by atoms with van der Waals surface area (Å²) in [6.45, 7) is 0. The molecule has 2 aromatic heterocycles. The van der Waals surface area contributed by atoms with Gasteiger partial charge in [-0.05, 0) is 50.1 Å². The van der Waals surface area contributed by atoms with Gasteiger partial charge in [0.05, 0.1) is 11.0 Å². The Morgan fingerprint density at radius 3 is 2.35 bits per heavy atom. The molecule has 0 saturated heterocycles. The molecule has 98 valence electrons. The molecule has 0 unspecified atom stereocenters. The van der Waals surface area contributed by atoms with Crippen molar-refractivity contribution in [2.24, 2.45) is 0 Å². The molecule has 6 heteroatoms. The van der Waals surface area contributed by atoms with Gasteiger partial charge in [0.1, 0.15) is 0 Å². The summed E-state index contributed by atoms with van der Waals surface area (Å²) >= 11 is 6.67. The molecule has 0 amide bonds. The van der Waals surface area contributed by atoms with Crippen LogP contribution in [-0.2, 0) is 4.79 Å². The molecule has 4 nitrogen and oxygen atoms in total. The van der Waals surface area contributed by atoms with Crippen molar-refractivity contribution in [3.63, 3.8) is 0 Å². The van der Waals surface area contributed by atoms with Gasteiger partial charge in [0.25, 0.3) is 0 Å². The molecule has 0 aliphatic carbocycles. The van der Waals surface area contributed by atoms with Gasteiger partial charge in [-0.1, -0.05) is 0 Å². The Labute approximate surface area is 130 Å². The van der Waals surface area contributed by atoms with Crippen molar-refractivity contribution in [1.82, 2.24) is 9.97 Å². The van der Waals surface area contributed by atoms with Crippen LogP contribution in [0.1, 0.15) is 10.4 Å². The van der Waals surface area contributed by atoms with Crippen molar-refractivity contribution >= 4 is 65.7 Å². The molecule has 20 heavy (non-hydrogen) atoms. The number of carbonyl (C=O) groups excluding carboxylic acids is 2. The molecule has 0 bridgehead atoms. The van der Waals surface area contributed by atoms with E-state index in [1.165, 1.54) is 0 Å². The lowest BCUT2D eigenvalue weighted by Gasteiger charge is -2.07. The summed E-state index contributed by atoms with van der Waals surface area (Å²) in [5.74, 6) is -0.572. The fourth-order valence-corrected chi connectivity index (χ4v) is 2.78. The third kappa shape index (κ3) is 2.14. The topological polar surface area (TPSA) is 59.9 Å². The number of carbonyl (C=O) groups is 2. The average molecular weight is 394 g/mol. The summed E-state index contributed by atoms with van der Waals surface area (Å²) in [5.41, 5.74) is 1.62. The zero-order valence-electron chi connectivity index (χ0n) is 9.93. The van der Waals surface area contributed by atoms with Crippen LogP contribution in [0.2, 0.25) is 0 Å². The molecule has 0 aliphatic rings. The molecule has 3 rings (SSSR count). The summed E-state index contributed by atoms with van der Waals surface area (Å²) in [7, 11) is 0. The SMILES string of the molecule is O=CC(=O)c1cc2cc(Br)cnc2c2ncc(Br)cc12. The third-order valence-corrected chi connectivity index (χ3v) is 3.79. The number of Topliss-reactive ketones (excluding diaryl/α,β-unsaturated/α-hetero) is 1. The predicted molar refractivity (Wildman–Crippen MR) is 82.8 cm³/mol. The Balaban J connectivity index is 2.53. The van der Waals surface area contributed by atoms with E-state index in [2.05, 4.69) is 41.8 Å². The number of halogens is 2.